The summed E-state index contributed by atoms with van der Waals surface area (Å²) in [6.07, 6.45) is -0.582. The second-order valence-corrected chi connectivity index (χ2v) is 3.95. The fourth-order valence-corrected chi connectivity index (χ4v) is 1.44. The van der Waals surface area contributed by atoms with Crippen LogP contribution in [0.1, 0.15) is 6.92 Å². The number of nitrogens with two attached hydrogens (primary N) is 1. The van der Waals surface area contributed by atoms with Crippen molar-refractivity contribution in [1.82, 2.24) is 0 Å². The summed E-state index contributed by atoms with van der Waals surface area (Å²) in [4.78, 5) is 11.9. The third-order valence-electron chi connectivity index (χ3n) is 2.51. The van der Waals surface area contributed by atoms with Gasteiger partial charge in [-0.25, -0.2) is 0 Å². The van der Waals surface area contributed by atoms with Crippen LogP contribution in [0, 0.1) is 0 Å². The lowest BCUT2D eigenvalue weighted by Crippen LogP contribution is -2.29. The SMILES string of the molecule is COCCOC(C)C(=O)Nc1cc(N)ccc1OC. The minimum Gasteiger partial charge on any atom is -0.495 e. The van der Waals surface area contributed by atoms with Crippen LogP contribution in [-0.2, 0) is 14.3 Å². The molecule has 0 aliphatic heterocycles. The zero-order valence-electron chi connectivity index (χ0n) is 11.4. The molecule has 0 saturated heterocycles. The average Bonchev–Trinajstić information content (AvgIpc) is 2.39. The van der Waals surface area contributed by atoms with Gasteiger partial charge in [0.25, 0.3) is 5.91 Å². The topological polar surface area (TPSA) is 82.8 Å². The van der Waals surface area contributed by atoms with Gasteiger partial charge in [-0.15, -0.1) is 0 Å². The van der Waals surface area contributed by atoms with Crippen molar-refractivity contribution in [2.45, 2.75) is 13.0 Å². The van der Waals surface area contributed by atoms with Crippen molar-refractivity contribution >= 4 is 17.3 Å². The van der Waals surface area contributed by atoms with Gasteiger partial charge in [0.05, 0.1) is 26.0 Å². The molecule has 0 saturated carbocycles. The number of methoxy groups -OCH3 is 2. The second kappa shape index (κ2) is 7.60. The highest BCUT2D eigenvalue weighted by molar-refractivity contribution is 5.95. The van der Waals surface area contributed by atoms with Gasteiger partial charge in [0, 0.05) is 12.8 Å². The maximum Gasteiger partial charge on any atom is 0.253 e. The Morgan fingerprint density at radius 3 is 2.74 bits per heavy atom. The molecule has 1 amide bonds. The van der Waals surface area contributed by atoms with E-state index < -0.39 is 6.10 Å². The largest absolute Gasteiger partial charge is 0.495 e. The summed E-state index contributed by atoms with van der Waals surface area (Å²) in [7, 11) is 3.10. The molecule has 19 heavy (non-hydrogen) atoms. The molecule has 1 aromatic carbocycles. The van der Waals surface area contributed by atoms with Crippen LogP contribution in [0.15, 0.2) is 18.2 Å². The number of hydrogen-bond donors (Lipinski definition) is 2. The van der Waals surface area contributed by atoms with E-state index in [1.807, 2.05) is 0 Å². The third kappa shape index (κ3) is 4.76. The Hall–Kier alpha value is -1.79. The van der Waals surface area contributed by atoms with Gasteiger partial charge in [0.1, 0.15) is 11.9 Å². The molecular formula is C13H20N2O4. The van der Waals surface area contributed by atoms with E-state index in [9.17, 15) is 4.79 Å². The van der Waals surface area contributed by atoms with Gasteiger partial charge in [-0.3, -0.25) is 4.79 Å². The van der Waals surface area contributed by atoms with Crippen molar-refractivity contribution in [1.29, 1.82) is 0 Å². The molecule has 0 fully saturated rings. The van der Waals surface area contributed by atoms with Gasteiger partial charge in [-0.05, 0) is 25.1 Å². The van der Waals surface area contributed by atoms with Crippen LogP contribution in [0.3, 0.4) is 0 Å². The van der Waals surface area contributed by atoms with Gasteiger partial charge in [-0.1, -0.05) is 0 Å². The smallest absolute Gasteiger partial charge is 0.253 e. The van der Waals surface area contributed by atoms with Crippen LogP contribution in [0.5, 0.6) is 5.75 Å². The van der Waals surface area contributed by atoms with Crippen molar-refractivity contribution < 1.29 is 19.0 Å². The number of carbonyl (C=O) groups excluding carboxylic acids is 1. The predicted molar refractivity (Wildman–Crippen MR) is 73.3 cm³/mol. The molecule has 1 rings (SSSR count). The van der Waals surface area contributed by atoms with Crippen molar-refractivity contribution in [3.8, 4) is 5.75 Å². The van der Waals surface area contributed by atoms with Crippen LogP contribution in [-0.4, -0.2) is 39.4 Å². The molecule has 6 nitrogen and oxygen atoms in total. The van der Waals surface area contributed by atoms with E-state index >= 15 is 0 Å². The number of anilines is 2. The summed E-state index contributed by atoms with van der Waals surface area (Å²) >= 11 is 0. The van der Waals surface area contributed by atoms with E-state index in [-0.39, 0.29) is 5.91 Å². The molecule has 1 aromatic rings. The average molecular weight is 268 g/mol. The van der Waals surface area contributed by atoms with Crippen LogP contribution in [0.25, 0.3) is 0 Å². The van der Waals surface area contributed by atoms with E-state index in [2.05, 4.69) is 5.32 Å². The highest BCUT2D eigenvalue weighted by Crippen LogP contribution is 2.26. The maximum atomic E-state index is 11.9. The molecule has 0 spiro atoms. The number of nitrogens with one attached hydrogen (secondary N) is 1. The monoisotopic (exact) mass is 268 g/mol. The van der Waals surface area contributed by atoms with Crippen molar-refractivity contribution in [2.75, 3.05) is 38.5 Å². The zero-order chi connectivity index (χ0) is 14.3. The Morgan fingerprint density at radius 2 is 2.11 bits per heavy atom. The molecule has 3 N–H and O–H groups in total. The van der Waals surface area contributed by atoms with Crippen molar-refractivity contribution in [3.63, 3.8) is 0 Å². The summed E-state index contributed by atoms with van der Waals surface area (Å²) in [6, 6.07) is 5.03. The second-order valence-electron chi connectivity index (χ2n) is 3.95. The quantitative estimate of drug-likeness (QED) is 0.574. The Bertz CT molecular complexity index is 423. The number of benzene rings is 1. The highest BCUT2D eigenvalue weighted by atomic mass is 16.5. The lowest BCUT2D eigenvalue weighted by molar-refractivity contribution is -0.127. The normalized spacial score (nSPS) is 11.9. The number of ether oxygens (including phenoxy) is 3. The Kier molecular flexibility index (Phi) is 6.11. The standard InChI is InChI=1S/C13H20N2O4/c1-9(19-7-6-17-2)13(16)15-11-8-10(14)4-5-12(11)18-3/h4-5,8-9H,6-7,14H2,1-3H3,(H,15,16). The summed E-state index contributed by atoms with van der Waals surface area (Å²) in [5, 5.41) is 2.72. The van der Waals surface area contributed by atoms with Crippen molar-refractivity contribution in [3.05, 3.63) is 18.2 Å². The van der Waals surface area contributed by atoms with E-state index in [1.54, 1.807) is 32.2 Å². The molecule has 106 valence electrons. The molecule has 0 aliphatic rings. The molecule has 1 atom stereocenters. The minimum atomic E-state index is -0.582. The molecule has 0 aromatic heterocycles. The third-order valence-corrected chi connectivity index (χ3v) is 2.51. The van der Waals surface area contributed by atoms with Crippen LogP contribution < -0.4 is 15.8 Å². The first kappa shape index (κ1) is 15.3. The number of carbonyl (C=O) groups is 1. The summed E-state index contributed by atoms with van der Waals surface area (Å²) in [5.41, 5.74) is 6.75. The number of rotatable bonds is 7. The number of hydrogen-bond acceptors (Lipinski definition) is 5. The summed E-state index contributed by atoms with van der Waals surface area (Å²) in [6.45, 7) is 2.47. The maximum absolute atomic E-state index is 11.9. The molecule has 0 aliphatic carbocycles. The zero-order valence-corrected chi connectivity index (χ0v) is 11.4. The van der Waals surface area contributed by atoms with Gasteiger partial charge in [0.2, 0.25) is 0 Å². The van der Waals surface area contributed by atoms with E-state index in [4.69, 9.17) is 19.9 Å². The molecule has 1 unspecified atom stereocenters. The molecule has 6 heteroatoms. The Morgan fingerprint density at radius 1 is 1.37 bits per heavy atom. The first-order chi connectivity index (χ1) is 9.08. The predicted octanol–water partition coefficient (Wildman–Crippen LogP) is 1.27. The van der Waals surface area contributed by atoms with Gasteiger partial charge in [-0.2, -0.15) is 0 Å². The van der Waals surface area contributed by atoms with Crippen LogP contribution >= 0.6 is 0 Å². The fraction of sp³-hybridized carbons (Fsp3) is 0.462. The summed E-state index contributed by atoms with van der Waals surface area (Å²) < 4.78 is 15.3. The highest BCUT2D eigenvalue weighted by Gasteiger charge is 2.15. The van der Waals surface area contributed by atoms with E-state index in [0.29, 0.717) is 30.3 Å². The van der Waals surface area contributed by atoms with E-state index in [1.165, 1.54) is 7.11 Å². The van der Waals surface area contributed by atoms with E-state index in [0.717, 1.165) is 0 Å². The Labute approximate surface area is 112 Å². The number of nitrogen functional groups attached to an aromatic ring is 1. The lowest BCUT2D eigenvalue weighted by atomic mass is 10.2. The van der Waals surface area contributed by atoms with Gasteiger partial charge < -0.3 is 25.3 Å². The van der Waals surface area contributed by atoms with Gasteiger partial charge >= 0.3 is 0 Å². The van der Waals surface area contributed by atoms with Crippen LogP contribution in [0.2, 0.25) is 0 Å². The Balaban J connectivity index is 2.63. The van der Waals surface area contributed by atoms with Crippen LogP contribution in [0.4, 0.5) is 11.4 Å². The molecular weight excluding hydrogens is 248 g/mol. The molecule has 0 bridgehead atoms. The molecule has 0 radical (unpaired) electrons. The fourth-order valence-electron chi connectivity index (χ4n) is 1.44. The first-order valence-electron chi connectivity index (χ1n) is 5.93. The summed E-state index contributed by atoms with van der Waals surface area (Å²) in [5.74, 6) is 0.284. The minimum absolute atomic E-state index is 0.264. The lowest BCUT2D eigenvalue weighted by Gasteiger charge is -2.15. The van der Waals surface area contributed by atoms with Gasteiger partial charge in [0.15, 0.2) is 0 Å². The van der Waals surface area contributed by atoms with Crippen molar-refractivity contribution in [2.24, 2.45) is 0 Å². The molecule has 0 heterocycles. The number of amides is 1. The first-order valence-corrected chi connectivity index (χ1v) is 5.93.